The topological polar surface area (TPSA) is 26.3 Å². The first kappa shape index (κ1) is 15.6. The van der Waals surface area contributed by atoms with Gasteiger partial charge in [0, 0.05) is 17.2 Å². The molecule has 0 N–H and O–H groups in total. The molecule has 2 bridgehead atoms. The van der Waals surface area contributed by atoms with Crippen LogP contribution >= 0.6 is 23.2 Å². The van der Waals surface area contributed by atoms with Gasteiger partial charge in [-0.2, -0.15) is 0 Å². The summed E-state index contributed by atoms with van der Waals surface area (Å²) in [6.07, 6.45) is 3.85. The highest BCUT2D eigenvalue weighted by Crippen LogP contribution is 2.45. The lowest BCUT2D eigenvalue weighted by atomic mass is 9.68. The second-order valence-corrected chi connectivity index (χ2v) is 7.47. The Morgan fingerprint density at radius 1 is 1.42 bits per heavy atom. The fraction of sp³-hybridized carbons (Fsp3) is 0.933. The van der Waals surface area contributed by atoms with E-state index < -0.39 is 0 Å². The van der Waals surface area contributed by atoms with E-state index in [9.17, 15) is 4.79 Å². The summed E-state index contributed by atoms with van der Waals surface area (Å²) in [5.74, 6) is 1.36. The number of alkyl halides is 2. The molecule has 2 nitrogen and oxygen atoms in total. The molecule has 0 aromatic heterocycles. The Bertz CT molecular complexity index is 343. The van der Waals surface area contributed by atoms with E-state index in [0.29, 0.717) is 17.7 Å². The number of rotatable bonds is 5. The van der Waals surface area contributed by atoms with E-state index in [0.717, 1.165) is 25.7 Å². The maximum atomic E-state index is 12.6. The minimum atomic E-state index is -0.287. The average Bonchev–Trinajstić information content (AvgIpc) is 2.45. The van der Waals surface area contributed by atoms with Crippen molar-refractivity contribution in [2.24, 2.45) is 17.3 Å². The Hall–Kier alpha value is 0.210. The predicted molar refractivity (Wildman–Crippen MR) is 78.9 cm³/mol. The zero-order chi connectivity index (χ0) is 14.2. The molecular weight excluding hydrogens is 283 g/mol. The number of carbonyl (C=O) groups is 1. The van der Waals surface area contributed by atoms with Crippen molar-refractivity contribution >= 4 is 29.0 Å². The van der Waals surface area contributed by atoms with Gasteiger partial charge in [-0.25, -0.2) is 0 Å². The Morgan fingerprint density at radius 3 is 2.58 bits per heavy atom. The van der Waals surface area contributed by atoms with Crippen molar-refractivity contribution in [3.05, 3.63) is 0 Å². The molecule has 1 aliphatic carbocycles. The lowest BCUT2D eigenvalue weighted by Gasteiger charge is -2.49. The minimum Gasteiger partial charge on any atom is -0.367 e. The zero-order valence-electron chi connectivity index (χ0n) is 12.0. The number of fused-ring (bicyclic) bond motifs is 3. The molecule has 3 rings (SSSR count). The van der Waals surface area contributed by atoms with Crippen molar-refractivity contribution in [1.29, 1.82) is 0 Å². The summed E-state index contributed by atoms with van der Waals surface area (Å²) in [5.41, 5.74) is -0.287. The van der Waals surface area contributed by atoms with Crippen LogP contribution < -0.4 is 0 Å². The molecule has 1 saturated carbocycles. The molecule has 5 unspecified atom stereocenters. The molecule has 110 valence electrons. The minimum absolute atomic E-state index is 0.0373. The van der Waals surface area contributed by atoms with Crippen molar-refractivity contribution in [3.63, 3.8) is 0 Å². The van der Waals surface area contributed by atoms with Crippen molar-refractivity contribution in [3.8, 4) is 0 Å². The molecule has 0 aromatic rings. The van der Waals surface area contributed by atoms with Crippen LogP contribution in [0.5, 0.6) is 0 Å². The third-order valence-corrected chi connectivity index (χ3v) is 6.01. The molecule has 3 fully saturated rings. The highest BCUT2D eigenvalue weighted by Gasteiger charge is 2.49. The van der Waals surface area contributed by atoms with E-state index in [4.69, 9.17) is 27.9 Å². The van der Waals surface area contributed by atoms with E-state index in [1.165, 1.54) is 0 Å². The van der Waals surface area contributed by atoms with Gasteiger partial charge >= 0.3 is 0 Å². The molecule has 0 radical (unpaired) electrons. The molecule has 0 amide bonds. The largest absolute Gasteiger partial charge is 0.367 e. The smallest absolute Gasteiger partial charge is 0.167 e. The van der Waals surface area contributed by atoms with Gasteiger partial charge in [0.25, 0.3) is 0 Å². The predicted octanol–water partition coefficient (Wildman–Crippen LogP) is 4.02. The SMILES string of the molecule is CCC(C)(C)C(=O)C1OC2CCC1CC2C(Cl)CCl. The summed E-state index contributed by atoms with van der Waals surface area (Å²) in [4.78, 5) is 12.6. The highest BCUT2D eigenvalue weighted by molar-refractivity contribution is 6.28. The number of hydrogen-bond donors (Lipinski definition) is 0. The van der Waals surface area contributed by atoms with Crippen LogP contribution in [0.2, 0.25) is 0 Å². The summed E-state index contributed by atoms with van der Waals surface area (Å²) in [5, 5.41) is -0.0373. The van der Waals surface area contributed by atoms with Gasteiger partial charge in [0.2, 0.25) is 0 Å². The van der Waals surface area contributed by atoms with E-state index >= 15 is 0 Å². The first-order valence-corrected chi connectivity index (χ1v) is 8.27. The summed E-state index contributed by atoms with van der Waals surface area (Å²) < 4.78 is 6.08. The fourth-order valence-corrected chi connectivity index (χ4v) is 3.78. The second kappa shape index (κ2) is 5.91. The Balaban J connectivity index is 2.08. The fourth-order valence-electron chi connectivity index (χ4n) is 3.29. The lowest BCUT2D eigenvalue weighted by molar-refractivity contribution is -0.178. The first-order valence-electron chi connectivity index (χ1n) is 7.30. The van der Waals surface area contributed by atoms with Crippen LogP contribution in [0.4, 0.5) is 0 Å². The number of hydrogen-bond acceptors (Lipinski definition) is 2. The number of Topliss-reactive ketones (excluding diaryl/α,β-unsaturated/α-hetero) is 1. The zero-order valence-corrected chi connectivity index (χ0v) is 13.5. The lowest BCUT2D eigenvalue weighted by Crippen LogP contribution is -2.54. The summed E-state index contributed by atoms with van der Waals surface area (Å²) in [6, 6.07) is 0. The Morgan fingerprint density at radius 2 is 2.11 bits per heavy atom. The van der Waals surface area contributed by atoms with Gasteiger partial charge in [-0.3, -0.25) is 4.79 Å². The van der Waals surface area contributed by atoms with E-state index in [2.05, 4.69) is 6.92 Å². The van der Waals surface area contributed by atoms with Crippen molar-refractivity contribution in [1.82, 2.24) is 0 Å². The van der Waals surface area contributed by atoms with E-state index in [-0.39, 0.29) is 28.8 Å². The van der Waals surface area contributed by atoms with Crippen LogP contribution in [-0.2, 0) is 9.53 Å². The van der Waals surface area contributed by atoms with Gasteiger partial charge in [0.1, 0.15) is 6.10 Å². The molecule has 3 aliphatic rings. The number of carbonyl (C=O) groups excluding carboxylic acids is 1. The summed E-state index contributed by atoms with van der Waals surface area (Å²) >= 11 is 12.1. The van der Waals surface area contributed by atoms with E-state index in [1.807, 2.05) is 13.8 Å². The summed E-state index contributed by atoms with van der Waals surface area (Å²) in [6.45, 7) is 6.09. The average molecular weight is 307 g/mol. The van der Waals surface area contributed by atoms with E-state index in [1.54, 1.807) is 0 Å². The van der Waals surface area contributed by atoms with Crippen LogP contribution in [0.25, 0.3) is 0 Å². The third kappa shape index (κ3) is 2.96. The van der Waals surface area contributed by atoms with Crippen LogP contribution in [0.1, 0.15) is 46.5 Å². The molecule has 0 aromatic carbocycles. The quantitative estimate of drug-likeness (QED) is 0.717. The van der Waals surface area contributed by atoms with Gasteiger partial charge in [-0.05, 0) is 31.6 Å². The molecule has 2 heterocycles. The van der Waals surface area contributed by atoms with Crippen molar-refractivity contribution in [2.75, 3.05) is 5.88 Å². The maximum Gasteiger partial charge on any atom is 0.167 e. The van der Waals surface area contributed by atoms with Crippen LogP contribution in [0.15, 0.2) is 0 Å². The monoisotopic (exact) mass is 306 g/mol. The maximum absolute atomic E-state index is 12.6. The van der Waals surface area contributed by atoms with Crippen LogP contribution in [-0.4, -0.2) is 29.2 Å². The first-order chi connectivity index (χ1) is 8.90. The van der Waals surface area contributed by atoms with Gasteiger partial charge in [-0.15, -0.1) is 23.2 Å². The Labute approximate surface area is 126 Å². The molecule has 0 spiro atoms. The normalized spacial score (nSPS) is 36.3. The molecule has 19 heavy (non-hydrogen) atoms. The number of halogens is 2. The van der Waals surface area contributed by atoms with Gasteiger partial charge < -0.3 is 4.74 Å². The number of ketones is 1. The van der Waals surface area contributed by atoms with Crippen molar-refractivity contribution < 1.29 is 9.53 Å². The van der Waals surface area contributed by atoms with Crippen molar-refractivity contribution in [2.45, 2.75) is 64.0 Å². The Kier molecular flexibility index (Phi) is 4.85. The molecule has 5 atom stereocenters. The van der Waals surface area contributed by atoms with Gasteiger partial charge in [0.05, 0.1) is 11.5 Å². The molecular formula is C15H24Cl2O2. The third-order valence-electron chi connectivity index (χ3n) is 5.05. The summed E-state index contributed by atoms with van der Waals surface area (Å²) in [7, 11) is 0. The van der Waals surface area contributed by atoms with Crippen LogP contribution in [0, 0.1) is 17.3 Å². The number of ether oxygens (including phenoxy) is 1. The highest BCUT2D eigenvalue weighted by atomic mass is 35.5. The molecule has 2 saturated heterocycles. The second-order valence-electron chi connectivity index (χ2n) is 6.60. The van der Waals surface area contributed by atoms with Gasteiger partial charge in [-0.1, -0.05) is 20.8 Å². The van der Waals surface area contributed by atoms with Crippen LogP contribution in [0.3, 0.4) is 0 Å². The molecule has 4 heteroatoms. The van der Waals surface area contributed by atoms with Gasteiger partial charge in [0.15, 0.2) is 5.78 Å². The standard InChI is InChI=1S/C15H24Cl2O2/c1-4-15(2,3)14(18)13-9-5-6-12(19-13)10(7-9)11(17)8-16/h9-13H,4-8H2,1-3H3. The molecule has 2 aliphatic heterocycles.